The number of aliphatic hydroxyl groups excluding tert-OH is 15. The minimum Gasteiger partial charge on any atom is -0.394 e. The lowest BCUT2D eigenvalue weighted by molar-refractivity contribution is -0.375. The summed E-state index contributed by atoms with van der Waals surface area (Å²) in [5.74, 6) is -0.828. The molecule has 4 saturated heterocycles. The molecule has 0 aromatic carbocycles. The molecule has 4 aliphatic rings. The molecule has 0 unspecified atom stereocenters. The maximum absolute atomic E-state index is 12.4. The number of rotatable bonds is 17. The molecule has 0 radical (unpaired) electrons. The zero-order chi connectivity index (χ0) is 43.3. The maximum Gasteiger partial charge on any atom is 0.217 e. The summed E-state index contributed by atoms with van der Waals surface area (Å²) in [5, 5.41) is 159. The zero-order valence-electron chi connectivity index (χ0n) is 31.1. The van der Waals surface area contributed by atoms with Crippen molar-refractivity contribution in [3.8, 4) is 0 Å². The molecule has 1 amide bonds. The highest BCUT2D eigenvalue weighted by molar-refractivity contribution is 5.73. The minimum atomic E-state index is -2.26. The molecule has 58 heavy (non-hydrogen) atoms. The average molecular weight is 854 g/mol. The first-order valence-electron chi connectivity index (χ1n) is 18.2. The number of aliphatic hydroxyl groups is 15. The summed E-state index contributed by atoms with van der Waals surface area (Å²) >= 11 is 0. The number of hydrogen-bond donors (Lipinski definition) is 16. The summed E-state index contributed by atoms with van der Waals surface area (Å²) in [5.41, 5.74) is 0. The molecule has 0 aromatic heterocycles. The Kier molecular flexibility index (Phi) is 18.0. The molecule has 26 heteroatoms. The van der Waals surface area contributed by atoms with E-state index in [1.165, 1.54) is 6.92 Å². The number of carbonyl (C=O) groups is 2. The van der Waals surface area contributed by atoms with Gasteiger partial charge in [0.1, 0.15) is 116 Å². The molecule has 0 bridgehead atoms. The lowest BCUT2D eigenvalue weighted by atomic mass is 9.94. The van der Waals surface area contributed by atoms with Crippen LogP contribution in [-0.2, 0) is 47.5 Å². The molecule has 0 aromatic rings. The van der Waals surface area contributed by atoms with Crippen LogP contribution in [0.25, 0.3) is 0 Å². The number of ether oxygens (including phenoxy) is 8. The van der Waals surface area contributed by atoms with Crippen LogP contribution >= 0.6 is 0 Å². The average Bonchev–Trinajstić information content (AvgIpc) is 3.20. The second kappa shape index (κ2) is 21.3. The van der Waals surface area contributed by atoms with Crippen molar-refractivity contribution in [2.24, 2.45) is 0 Å². The molecule has 4 heterocycles. The number of aldehydes is 1. The number of carbonyl (C=O) groups excluding carboxylic acids is 2. The fourth-order valence-electron chi connectivity index (χ4n) is 6.91. The van der Waals surface area contributed by atoms with Crippen molar-refractivity contribution < 1.29 is 124 Å². The predicted octanol–water partition coefficient (Wildman–Crippen LogP) is -10.9. The zero-order valence-corrected chi connectivity index (χ0v) is 31.1. The Morgan fingerprint density at radius 3 is 1.62 bits per heavy atom. The molecule has 0 saturated carbocycles. The monoisotopic (exact) mass is 853 g/mol. The van der Waals surface area contributed by atoms with Crippen molar-refractivity contribution in [1.29, 1.82) is 0 Å². The van der Waals surface area contributed by atoms with Gasteiger partial charge in [-0.3, -0.25) is 4.79 Å². The highest BCUT2D eigenvalue weighted by atomic mass is 16.8. The Morgan fingerprint density at radius 2 is 1.07 bits per heavy atom. The molecular weight excluding hydrogens is 798 g/mol. The Morgan fingerprint density at radius 1 is 0.603 bits per heavy atom. The van der Waals surface area contributed by atoms with Crippen LogP contribution in [0.5, 0.6) is 0 Å². The van der Waals surface area contributed by atoms with Gasteiger partial charge in [0.2, 0.25) is 5.91 Å². The van der Waals surface area contributed by atoms with Crippen LogP contribution in [0.1, 0.15) is 13.8 Å². The van der Waals surface area contributed by atoms with E-state index in [2.05, 4.69) is 5.32 Å². The van der Waals surface area contributed by atoms with Crippen molar-refractivity contribution in [3.05, 3.63) is 0 Å². The number of nitrogens with one attached hydrogen (secondary N) is 1. The molecule has 0 spiro atoms. The highest BCUT2D eigenvalue weighted by Crippen LogP contribution is 2.34. The first kappa shape index (κ1) is 48.9. The molecular formula is C32H55NO25. The van der Waals surface area contributed by atoms with E-state index >= 15 is 0 Å². The summed E-state index contributed by atoms with van der Waals surface area (Å²) in [7, 11) is 0. The second-order valence-electron chi connectivity index (χ2n) is 14.3. The summed E-state index contributed by atoms with van der Waals surface area (Å²) in [6.07, 6.45) is -43.9. The van der Waals surface area contributed by atoms with Gasteiger partial charge in [0.05, 0.1) is 32.5 Å². The smallest absolute Gasteiger partial charge is 0.217 e. The van der Waals surface area contributed by atoms with Gasteiger partial charge >= 0.3 is 0 Å². The summed E-state index contributed by atoms with van der Waals surface area (Å²) < 4.78 is 44.8. The topological polar surface area (TPSA) is 423 Å². The summed E-state index contributed by atoms with van der Waals surface area (Å²) in [6.45, 7) is -1.75. The van der Waals surface area contributed by atoms with Crippen LogP contribution in [0.3, 0.4) is 0 Å². The quantitative estimate of drug-likeness (QED) is 0.0604. The highest BCUT2D eigenvalue weighted by Gasteiger charge is 2.56. The summed E-state index contributed by atoms with van der Waals surface area (Å²) in [6, 6.07) is -1.71. The van der Waals surface area contributed by atoms with Gasteiger partial charge in [0, 0.05) is 6.92 Å². The van der Waals surface area contributed by atoms with Gasteiger partial charge in [0.15, 0.2) is 31.4 Å². The minimum absolute atomic E-state index is 0.101. The fraction of sp³-hybridized carbons (Fsp3) is 0.938. The third-order valence-corrected chi connectivity index (χ3v) is 10.2. The molecule has 26 nitrogen and oxygen atoms in total. The van der Waals surface area contributed by atoms with Gasteiger partial charge < -0.3 is 125 Å². The van der Waals surface area contributed by atoms with Crippen molar-refractivity contribution in [2.45, 2.75) is 161 Å². The van der Waals surface area contributed by atoms with E-state index in [9.17, 15) is 86.2 Å². The Bertz CT molecular complexity index is 1290. The Labute approximate surface area is 329 Å². The van der Waals surface area contributed by atoms with E-state index in [0.717, 1.165) is 6.92 Å². The normalized spacial score (nSPS) is 45.8. The third-order valence-electron chi connectivity index (χ3n) is 10.2. The van der Waals surface area contributed by atoms with Crippen molar-refractivity contribution in [2.75, 3.05) is 26.4 Å². The van der Waals surface area contributed by atoms with E-state index in [1.807, 2.05) is 0 Å². The second-order valence-corrected chi connectivity index (χ2v) is 14.3. The largest absolute Gasteiger partial charge is 0.394 e. The predicted molar refractivity (Wildman–Crippen MR) is 178 cm³/mol. The van der Waals surface area contributed by atoms with E-state index in [0.29, 0.717) is 0 Å². The van der Waals surface area contributed by atoms with Crippen molar-refractivity contribution in [3.63, 3.8) is 0 Å². The van der Waals surface area contributed by atoms with Gasteiger partial charge in [-0.2, -0.15) is 0 Å². The van der Waals surface area contributed by atoms with Crippen LogP contribution in [0, 0.1) is 0 Å². The van der Waals surface area contributed by atoms with E-state index in [4.69, 9.17) is 37.9 Å². The Balaban J connectivity index is 1.65. The van der Waals surface area contributed by atoms with Crippen molar-refractivity contribution >= 4 is 12.2 Å². The molecule has 24 atom stereocenters. The first-order chi connectivity index (χ1) is 27.3. The van der Waals surface area contributed by atoms with Gasteiger partial charge in [-0.15, -0.1) is 0 Å². The lowest BCUT2D eigenvalue weighted by Gasteiger charge is -2.49. The van der Waals surface area contributed by atoms with Gasteiger partial charge in [-0.25, -0.2) is 0 Å². The maximum atomic E-state index is 12.4. The van der Waals surface area contributed by atoms with Crippen LogP contribution in [0.15, 0.2) is 0 Å². The molecule has 16 N–H and O–H groups in total. The summed E-state index contributed by atoms with van der Waals surface area (Å²) in [4.78, 5) is 24.3. The van der Waals surface area contributed by atoms with Crippen LogP contribution in [-0.4, -0.2) is 262 Å². The third kappa shape index (κ3) is 10.6. The lowest BCUT2D eigenvalue weighted by Crippen LogP contribution is -2.70. The first-order valence-corrected chi connectivity index (χ1v) is 18.2. The van der Waals surface area contributed by atoms with Crippen LogP contribution in [0.2, 0.25) is 0 Å². The van der Waals surface area contributed by atoms with Gasteiger partial charge in [-0.05, 0) is 6.92 Å². The number of amides is 1. The fourth-order valence-corrected chi connectivity index (χ4v) is 6.91. The molecule has 4 fully saturated rings. The number of hydrogen-bond acceptors (Lipinski definition) is 25. The van der Waals surface area contributed by atoms with Crippen molar-refractivity contribution in [1.82, 2.24) is 5.32 Å². The molecule has 4 rings (SSSR count). The standard InChI is InChI=1S/C32H55NO25/c1-8-16(42)20(46)22(48)30(51-8)55-25(10(40)3-34)26(11(41)4-35)56-32-24(50)28(19(45)14(7-38)54-32)58-29-15(33-9(2)39)27(18(44)13(6-37)52-29)57-31-23(49)21(47)17(43)12(5-36)53-31/h3,8,10-32,35-38,40-50H,4-7H2,1-2H3,(H,33,39)/t8-,10-,11-,12-,13-,14+,15+,16+,17+,18+,19-,20+,21+,22+,23-,24-,25-,26-,27-,28-,29+,30+,31+,32-/m1/s1. The van der Waals surface area contributed by atoms with Crippen LogP contribution in [0.4, 0.5) is 0 Å². The molecule has 0 aliphatic carbocycles. The molecule has 338 valence electrons. The van der Waals surface area contributed by atoms with E-state index < -0.39 is 180 Å². The Hall–Kier alpha value is -1.78. The SMILES string of the molecule is CC(=O)N[C@@H]1[C@H](O[C@H]2[C@@H](O)[C@@H](O[C@@H]([C@H](O[C@@H]3O[C@H](C)[C@H](O)[C@H](O)[C@@H]3O)[C@H](O)C=O)[C@H](O)CO)O[C@@H](CO)[C@H]2O)O[C@H](CO)[C@H](O)[C@@H]1O[C@@H]1O[C@H](CO)[C@H](O)[C@H](O)[C@H]1O. The van der Waals surface area contributed by atoms with Gasteiger partial charge in [0.25, 0.3) is 0 Å². The van der Waals surface area contributed by atoms with E-state index in [1.54, 1.807) is 0 Å². The van der Waals surface area contributed by atoms with E-state index in [-0.39, 0.29) is 6.29 Å². The van der Waals surface area contributed by atoms with Crippen LogP contribution < -0.4 is 5.32 Å². The van der Waals surface area contributed by atoms with Gasteiger partial charge in [-0.1, -0.05) is 0 Å². The molecule has 4 aliphatic heterocycles.